The molecular weight excluding hydrogens is 264 g/mol. The number of aliphatic hydroxyl groups excluding tert-OH is 1. The van der Waals surface area contributed by atoms with Crippen LogP contribution in [0.1, 0.15) is 46.9 Å². The second-order valence-electron chi connectivity index (χ2n) is 4.48. The molecule has 0 fully saturated rings. The van der Waals surface area contributed by atoms with E-state index in [2.05, 4.69) is 0 Å². The van der Waals surface area contributed by atoms with Gasteiger partial charge in [0.05, 0.1) is 11.1 Å². The lowest BCUT2D eigenvalue weighted by atomic mass is 10.1. The van der Waals surface area contributed by atoms with Gasteiger partial charge in [0.25, 0.3) is 0 Å². The Bertz CT molecular complexity index is 467. The van der Waals surface area contributed by atoms with Crippen molar-refractivity contribution in [2.75, 3.05) is 6.61 Å². The Balaban J connectivity index is 2.76. The third-order valence-electron chi connectivity index (χ3n) is 2.82. The SMILES string of the molecule is CCCCC(O)(CO)OC(=O)c1ccc(C(=O)O)cc1. The third-order valence-corrected chi connectivity index (χ3v) is 2.82. The topological polar surface area (TPSA) is 104 Å². The summed E-state index contributed by atoms with van der Waals surface area (Å²) in [7, 11) is 0. The van der Waals surface area contributed by atoms with Crippen LogP contribution < -0.4 is 0 Å². The largest absolute Gasteiger partial charge is 0.478 e. The number of aliphatic hydroxyl groups is 2. The summed E-state index contributed by atoms with van der Waals surface area (Å²) in [5, 5.41) is 27.8. The molecule has 0 aliphatic heterocycles. The van der Waals surface area contributed by atoms with E-state index in [9.17, 15) is 14.7 Å². The van der Waals surface area contributed by atoms with E-state index in [0.717, 1.165) is 6.42 Å². The molecule has 0 spiro atoms. The Morgan fingerprint density at radius 1 is 1.20 bits per heavy atom. The van der Waals surface area contributed by atoms with Crippen molar-refractivity contribution in [3.05, 3.63) is 35.4 Å². The van der Waals surface area contributed by atoms with Gasteiger partial charge in [0.15, 0.2) is 0 Å². The first kappa shape index (κ1) is 16.1. The molecule has 0 saturated heterocycles. The van der Waals surface area contributed by atoms with E-state index in [1.54, 1.807) is 0 Å². The predicted octanol–water partition coefficient (Wildman–Crippen LogP) is 1.41. The molecule has 1 atom stereocenters. The molecule has 20 heavy (non-hydrogen) atoms. The molecule has 0 saturated carbocycles. The van der Waals surface area contributed by atoms with E-state index in [1.807, 2.05) is 6.92 Å². The molecule has 110 valence electrons. The third kappa shape index (κ3) is 4.32. The van der Waals surface area contributed by atoms with Crippen LogP contribution in [-0.4, -0.2) is 39.7 Å². The van der Waals surface area contributed by atoms with Gasteiger partial charge in [0.1, 0.15) is 6.61 Å². The zero-order valence-electron chi connectivity index (χ0n) is 11.2. The number of carbonyl (C=O) groups excluding carboxylic acids is 1. The lowest BCUT2D eigenvalue weighted by Gasteiger charge is -2.25. The summed E-state index contributed by atoms with van der Waals surface area (Å²) in [4.78, 5) is 22.5. The summed E-state index contributed by atoms with van der Waals surface area (Å²) in [6.45, 7) is 1.22. The van der Waals surface area contributed by atoms with Crippen LogP contribution in [0.4, 0.5) is 0 Å². The number of carboxylic acid groups (broad SMARTS) is 1. The lowest BCUT2D eigenvalue weighted by Crippen LogP contribution is -2.38. The van der Waals surface area contributed by atoms with Crippen LogP contribution in [0.5, 0.6) is 0 Å². The van der Waals surface area contributed by atoms with E-state index in [1.165, 1.54) is 24.3 Å². The molecule has 1 rings (SSSR count). The molecule has 0 aromatic heterocycles. The standard InChI is InChI=1S/C14H18O6/c1-2-3-8-14(19,9-15)20-13(18)11-6-4-10(5-7-11)12(16)17/h4-7,15,19H,2-3,8-9H2,1H3,(H,16,17). The summed E-state index contributed by atoms with van der Waals surface area (Å²) in [5.41, 5.74) is 0.156. The van der Waals surface area contributed by atoms with Crippen molar-refractivity contribution in [3.8, 4) is 0 Å². The molecule has 0 aliphatic rings. The number of esters is 1. The molecule has 0 aliphatic carbocycles. The monoisotopic (exact) mass is 282 g/mol. The normalized spacial score (nSPS) is 13.6. The molecule has 3 N–H and O–H groups in total. The molecule has 1 aromatic carbocycles. The van der Waals surface area contributed by atoms with E-state index in [4.69, 9.17) is 14.9 Å². The number of hydrogen-bond acceptors (Lipinski definition) is 5. The molecular formula is C14H18O6. The fourth-order valence-electron chi connectivity index (χ4n) is 1.60. The second-order valence-corrected chi connectivity index (χ2v) is 4.48. The fourth-order valence-corrected chi connectivity index (χ4v) is 1.60. The average molecular weight is 282 g/mol. The van der Waals surface area contributed by atoms with Gasteiger partial charge in [-0.1, -0.05) is 13.3 Å². The second kappa shape index (κ2) is 7.02. The average Bonchev–Trinajstić information content (AvgIpc) is 2.45. The number of benzene rings is 1. The number of aromatic carboxylic acids is 1. The minimum absolute atomic E-state index is 0.0463. The van der Waals surface area contributed by atoms with Gasteiger partial charge in [0, 0.05) is 6.42 Å². The van der Waals surface area contributed by atoms with Crippen LogP contribution in [0, 0.1) is 0 Å². The maximum atomic E-state index is 11.8. The van der Waals surface area contributed by atoms with Gasteiger partial charge in [-0.2, -0.15) is 0 Å². The van der Waals surface area contributed by atoms with Crippen molar-refractivity contribution in [1.29, 1.82) is 0 Å². The van der Waals surface area contributed by atoms with Crippen molar-refractivity contribution >= 4 is 11.9 Å². The zero-order chi connectivity index (χ0) is 15.2. The van der Waals surface area contributed by atoms with E-state index >= 15 is 0 Å². The van der Waals surface area contributed by atoms with E-state index < -0.39 is 24.3 Å². The molecule has 6 heteroatoms. The maximum absolute atomic E-state index is 11.8. The highest BCUT2D eigenvalue weighted by Gasteiger charge is 2.30. The van der Waals surface area contributed by atoms with Crippen LogP contribution in [0.15, 0.2) is 24.3 Å². The summed E-state index contributed by atoms with van der Waals surface area (Å²) in [6.07, 6.45) is 1.52. The Labute approximate surface area is 116 Å². The van der Waals surface area contributed by atoms with Gasteiger partial charge >= 0.3 is 11.9 Å². The van der Waals surface area contributed by atoms with Crippen molar-refractivity contribution in [3.63, 3.8) is 0 Å². The van der Waals surface area contributed by atoms with Gasteiger partial charge in [-0.25, -0.2) is 9.59 Å². The van der Waals surface area contributed by atoms with E-state index in [-0.39, 0.29) is 17.5 Å². The highest BCUT2D eigenvalue weighted by Crippen LogP contribution is 2.18. The lowest BCUT2D eigenvalue weighted by molar-refractivity contribution is -0.193. The number of hydrogen-bond donors (Lipinski definition) is 3. The quantitative estimate of drug-likeness (QED) is 0.516. The van der Waals surface area contributed by atoms with Crippen LogP contribution >= 0.6 is 0 Å². The first-order chi connectivity index (χ1) is 9.41. The van der Waals surface area contributed by atoms with Gasteiger partial charge in [0.2, 0.25) is 5.79 Å². The van der Waals surface area contributed by atoms with Crippen LogP contribution in [0.2, 0.25) is 0 Å². The number of carbonyl (C=O) groups is 2. The molecule has 0 bridgehead atoms. The summed E-state index contributed by atoms with van der Waals surface area (Å²) in [6, 6.07) is 5.12. The van der Waals surface area contributed by atoms with Crippen molar-refractivity contribution < 1.29 is 29.6 Å². The maximum Gasteiger partial charge on any atom is 0.340 e. The number of unbranched alkanes of at least 4 members (excludes halogenated alkanes) is 1. The van der Waals surface area contributed by atoms with Crippen molar-refractivity contribution in [2.45, 2.75) is 32.0 Å². The number of carboxylic acids is 1. The first-order valence-electron chi connectivity index (χ1n) is 6.32. The van der Waals surface area contributed by atoms with Gasteiger partial charge < -0.3 is 20.1 Å². The Kier molecular flexibility index (Phi) is 5.66. The fraction of sp³-hybridized carbons (Fsp3) is 0.429. The molecule has 1 unspecified atom stereocenters. The van der Waals surface area contributed by atoms with Gasteiger partial charge in [-0.15, -0.1) is 0 Å². The Hall–Kier alpha value is -1.92. The smallest absolute Gasteiger partial charge is 0.340 e. The van der Waals surface area contributed by atoms with Gasteiger partial charge in [-0.3, -0.25) is 0 Å². The predicted molar refractivity (Wildman–Crippen MR) is 70.4 cm³/mol. The van der Waals surface area contributed by atoms with Crippen LogP contribution in [0.3, 0.4) is 0 Å². The summed E-state index contributed by atoms with van der Waals surface area (Å²) >= 11 is 0. The highest BCUT2D eigenvalue weighted by atomic mass is 16.7. The Morgan fingerprint density at radius 3 is 2.20 bits per heavy atom. The number of rotatable bonds is 7. The van der Waals surface area contributed by atoms with E-state index in [0.29, 0.717) is 6.42 Å². The zero-order valence-corrected chi connectivity index (χ0v) is 11.2. The summed E-state index contributed by atoms with van der Waals surface area (Å²) in [5.74, 6) is -3.81. The first-order valence-corrected chi connectivity index (χ1v) is 6.32. The minimum atomic E-state index is -1.90. The molecule has 1 aromatic rings. The van der Waals surface area contributed by atoms with Crippen molar-refractivity contribution in [2.24, 2.45) is 0 Å². The number of ether oxygens (including phenoxy) is 1. The molecule has 0 radical (unpaired) electrons. The minimum Gasteiger partial charge on any atom is -0.478 e. The molecule has 0 heterocycles. The summed E-state index contributed by atoms with van der Waals surface area (Å²) < 4.78 is 4.89. The Morgan fingerprint density at radius 2 is 1.75 bits per heavy atom. The van der Waals surface area contributed by atoms with Crippen molar-refractivity contribution in [1.82, 2.24) is 0 Å². The molecule has 0 amide bonds. The van der Waals surface area contributed by atoms with Gasteiger partial charge in [-0.05, 0) is 30.7 Å². The highest BCUT2D eigenvalue weighted by molar-refractivity contribution is 5.92. The molecule has 6 nitrogen and oxygen atoms in total. The van der Waals surface area contributed by atoms with Crippen LogP contribution in [0.25, 0.3) is 0 Å². The van der Waals surface area contributed by atoms with Crippen LogP contribution in [-0.2, 0) is 4.74 Å².